The molecule has 1 heterocycles. The van der Waals surface area contributed by atoms with E-state index in [1.165, 1.54) is 6.07 Å². The van der Waals surface area contributed by atoms with Gasteiger partial charge >= 0.3 is 6.61 Å². The summed E-state index contributed by atoms with van der Waals surface area (Å²) in [7, 11) is 0. The second-order valence-corrected chi connectivity index (χ2v) is 4.64. The molecule has 110 valence electrons. The Morgan fingerprint density at radius 3 is 2.90 bits per heavy atom. The lowest BCUT2D eigenvalue weighted by Crippen LogP contribution is -2.31. The highest BCUT2D eigenvalue weighted by Crippen LogP contribution is 2.31. The summed E-state index contributed by atoms with van der Waals surface area (Å²) < 4.78 is 29.4. The predicted molar refractivity (Wildman–Crippen MR) is 70.4 cm³/mol. The summed E-state index contributed by atoms with van der Waals surface area (Å²) in [5.74, 6) is 0.0894. The van der Waals surface area contributed by atoms with Crippen LogP contribution in [0.15, 0.2) is 24.3 Å². The minimum absolute atomic E-state index is 0.0182. The first kappa shape index (κ1) is 14.7. The van der Waals surface area contributed by atoms with Crippen LogP contribution in [0, 0.1) is 0 Å². The molecule has 1 N–H and O–H groups in total. The standard InChI is InChI=1S/C14H18F2N2O2/c1-2-3-8-18-12(19)9-17-13(18)10-6-4-5-7-11(10)20-14(15)16/h4-7,13-14,17H,2-3,8-9H2,1H3. The van der Waals surface area contributed by atoms with Gasteiger partial charge in [0.05, 0.1) is 6.54 Å². The third-order valence-electron chi connectivity index (χ3n) is 3.26. The van der Waals surface area contributed by atoms with E-state index in [0.717, 1.165) is 12.8 Å². The number of benzene rings is 1. The summed E-state index contributed by atoms with van der Waals surface area (Å²) in [6.45, 7) is -0.0121. The highest BCUT2D eigenvalue weighted by atomic mass is 19.3. The summed E-state index contributed by atoms with van der Waals surface area (Å²) in [4.78, 5) is 13.5. The molecular formula is C14H18F2N2O2. The van der Waals surface area contributed by atoms with Gasteiger partial charge in [-0.1, -0.05) is 31.5 Å². The average molecular weight is 284 g/mol. The third kappa shape index (κ3) is 3.25. The van der Waals surface area contributed by atoms with E-state index >= 15 is 0 Å². The molecule has 1 aromatic carbocycles. The Morgan fingerprint density at radius 2 is 2.20 bits per heavy atom. The second-order valence-electron chi connectivity index (χ2n) is 4.64. The fourth-order valence-corrected chi connectivity index (χ4v) is 2.31. The molecule has 0 aromatic heterocycles. The number of hydrogen-bond acceptors (Lipinski definition) is 3. The van der Waals surface area contributed by atoms with E-state index in [1.54, 1.807) is 23.1 Å². The Balaban J connectivity index is 2.23. The number of alkyl halides is 2. The number of unbranched alkanes of at least 4 members (excludes halogenated alkanes) is 1. The number of halogens is 2. The monoisotopic (exact) mass is 284 g/mol. The van der Waals surface area contributed by atoms with Crippen molar-refractivity contribution in [2.24, 2.45) is 0 Å². The molecule has 2 rings (SSSR count). The Hall–Kier alpha value is -1.69. The summed E-state index contributed by atoms with van der Waals surface area (Å²) in [5, 5.41) is 3.05. The lowest BCUT2D eigenvalue weighted by atomic mass is 10.1. The minimum Gasteiger partial charge on any atom is -0.434 e. The maximum atomic E-state index is 12.4. The first-order valence-corrected chi connectivity index (χ1v) is 6.70. The molecule has 1 aliphatic heterocycles. The van der Waals surface area contributed by atoms with Crippen LogP contribution in [0.25, 0.3) is 0 Å². The van der Waals surface area contributed by atoms with E-state index in [1.807, 2.05) is 6.92 Å². The maximum absolute atomic E-state index is 12.4. The molecule has 4 nitrogen and oxygen atoms in total. The fraction of sp³-hybridized carbons (Fsp3) is 0.500. The number of nitrogens with one attached hydrogen (secondary N) is 1. The molecule has 1 unspecified atom stereocenters. The number of ether oxygens (including phenoxy) is 1. The van der Waals surface area contributed by atoms with Crippen molar-refractivity contribution in [3.05, 3.63) is 29.8 Å². The van der Waals surface area contributed by atoms with E-state index < -0.39 is 12.8 Å². The van der Waals surface area contributed by atoms with Gasteiger partial charge in [-0.05, 0) is 12.5 Å². The van der Waals surface area contributed by atoms with Crippen molar-refractivity contribution in [1.29, 1.82) is 0 Å². The van der Waals surface area contributed by atoms with Gasteiger partial charge in [-0.25, -0.2) is 0 Å². The molecule has 1 aromatic rings. The third-order valence-corrected chi connectivity index (χ3v) is 3.26. The first-order chi connectivity index (χ1) is 9.63. The minimum atomic E-state index is -2.88. The SMILES string of the molecule is CCCCN1C(=O)CNC1c1ccccc1OC(F)F. The van der Waals surface area contributed by atoms with Gasteiger partial charge in [-0.15, -0.1) is 0 Å². The Labute approximate surface area is 116 Å². The van der Waals surface area contributed by atoms with Crippen LogP contribution in [0.2, 0.25) is 0 Å². The molecular weight excluding hydrogens is 266 g/mol. The van der Waals surface area contributed by atoms with Gasteiger partial charge in [0, 0.05) is 12.1 Å². The molecule has 0 aliphatic carbocycles. The van der Waals surface area contributed by atoms with Gasteiger partial charge in [0.1, 0.15) is 11.9 Å². The van der Waals surface area contributed by atoms with Crippen LogP contribution in [0.4, 0.5) is 8.78 Å². The van der Waals surface area contributed by atoms with Gasteiger partial charge in [-0.2, -0.15) is 8.78 Å². The number of hydrogen-bond donors (Lipinski definition) is 1. The number of carbonyl (C=O) groups excluding carboxylic acids is 1. The van der Waals surface area contributed by atoms with Crippen molar-refractivity contribution in [2.75, 3.05) is 13.1 Å². The number of rotatable bonds is 6. The van der Waals surface area contributed by atoms with Gasteiger partial charge in [-0.3, -0.25) is 10.1 Å². The van der Waals surface area contributed by atoms with Crippen molar-refractivity contribution in [3.8, 4) is 5.75 Å². The van der Waals surface area contributed by atoms with E-state index in [-0.39, 0.29) is 18.2 Å². The van der Waals surface area contributed by atoms with Crippen LogP contribution in [-0.2, 0) is 4.79 Å². The zero-order valence-corrected chi connectivity index (χ0v) is 11.3. The smallest absolute Gasteiger partial charge is 0.387 e. The van der Waals surface area contributed by atoms with Crippen LogP contribution in [-0.4, -0.2) is 30.5 Å². The lowest BCUT2D eigenvalue weighted by Gasteiger charge is -2.26. The topological polar surface area (TPSA) is 41.6 Å². The number of amides is 1. The summed E-state index contributed by atoms with van der Waals surface area (Å²) in [5.41, 5.74) is 0.565. The van der Waals surface area contributed by atoms with Crippen molar-refractivity contribution in [1.82, 2.24) is 10.2 Å². The second kappa shape index (κ2) is 6.65. The van der Waals surface area contributed by atoms with E-state index in [2.05, 4.69) is 10.1 Å². The van der Waals surface area contributed by atoms with Gasteiger partial charge in [0.2, 0.25) is 5.91 Å². The van der Waals surface area contributed by atoms with E-state index in [0.29, 0.717) is 12.1 Å². The maximum Gasteiger partial charge on any atom is 0.387 e. The summed E-state index contributed by atoms with van der Waals surface area (Å²) >= 11 is 0. The van der Waals surface area contributed by atoms with E-state index in [4.69, 9.17) is 0 Å². The molecule has 1 atom stereocenters. The molecule has 0 bridgehead atoms. The van der Waals surface area contributed by atoms with Crippen molar-refractivity contribution in [3.63, 3.8) is 0 Å². The van der Waals surface area contributed by atoms with Gasteiger partial charge < -0.3 is 9.64 Å². The molecule has 1 fully saturated rings. The summed E-state index contributed by atoms with van der Waals surface area (Å²) in [6, 6.07) is 6.57. The van der Waals surface area contributed by atoms with Crippen molar-refractivity contribution < 1.29 is 18.3 Å². The normalized spacial score (nSPS) is 18.9. The van der Waals surface area contributed by atoms with Crippen molar-refractivity contribution >= 4 is 5.91 Å². The molecule has 1 amide bonds. The molecule has 0 spiro atoms. The predicted octanol–water partition coefficient (Wildman–Crippen LogP) is 2.52. The average Bonchev–Trinajstić information content (AvgIpc) is 2.77. The molecule has 1 saturated heterocycles. The zero-order valence-electron chi connectivity index (χ0n) is 11.3. The first-order valence-electron chi connectivity index (χ1n) is 6.70. The molecule has 0 radical (unpaired) electrons. The molecule has 20 heavy (non-hydrogen) atoms. The number of nitrogens with zero attached hydrogens (tertiary/aromatic N) is 1. The lowest BCUT2D eigenvalue weighted by molar-refractivity contribution is -0.128. The zero-order chi connectivity index (χ0) is 14.5. The summed E-state index contributed by atoms with van der Waals surface area (Å²) in [6.07, 6.45) is 1.44. The quantitative estimate of drug-likeness (QED) is 0.872. The molecule has 1 aliphatic rings. The van der Waals surface area contributed by atoms with Crippen LogP contribution in [0.5, 0.6) is 5.75 Å². The largest absolute Gasteiger partial charge is 0.434 e. The van der Waals surface area contributed by atoms with Crippen LogP contribution < -0.4 is 10.1 Å². The Morgan fingerprint density at radius 1 is 1.45 bits per heavy atom. The number of para-hydroxylation sites is 1. The van der Waals surface area contributed by atoms with Crippen molar-refractivity contribution in [2.45, 2.75) is 32.5 Å². The Kier molecular flexibility index (Phi) is 4.89. The van der Waals surface area contributed by atoms with Gasteiger partial charge in [0.25, 0.3) is 0 Å². The van der Waals surface area contributed by atoms with Crippen LogP contribution in [0.3, 0.4) is 0 Å². The fourth-order valence-electron chi connectivity index (χ4n) is 2.31. The van der Waals surface area contributed by atoms with Crippen LogP contribution >= 0.6 is 0 Å². The Bertz CT molecular complexity index is 468. The molecule has 6 heteroatoms. The highest BCUT2D eigenvalue weighted by Gasteiger charge is 2.33. The number of carbonyl (C=O) groups is 1. The molecule has 0 saturated carbocycles. The van der Waals surface area contributed by atoms with Gasteiger partial charge in [0.15, 0.2) is 0 Å². The van der Waals surface area contributed by atoms with E-state index in [9.17, 15) is 13.6 Å². The highest BCUT2D eigenvalue weighted by molar-refractivity contribution is 5.81. The van der Waals surface area contributed by atoms with Crippen LogP contribution in [0.1, 0.15) is 31.5 Å².